The van der Waals surface area contributed by atoms with E-state index >= 15 is 0 Å². The number of aliphatic carboxylic acids is 1. The quantitative estimate of drug-likeness (QED) is 0.318. The van der Waals surface area contributed by atoms with Crippen LogP contribution in [0.2, 0.25) is 0 Å². The average molecular weight is 359 g/mol. The van der Waals surface area contributed by atoms with Crippen molar-refractivity contribution >= 4 is 21.9 Å². The van der Waals surface area contributed by atoms with Gasteiger partial charge in [-0.1, -0.05) is 15.9 Å². The summed E-state index contributed by atoms with van der Waals surface area (Å²) in [5.41, 5.74) is 0. The van der Waals surface area contributed by atoms with Crippen molar-refractivity contribution < 1.29 is 33.6 Å². The highest BCUT2D eigenvalue weighted by Crippen LogP contribution is 1.85. The number of ether oxygens (including phenoxy) is 5. The zero-order valence-electron chi connectivity index (χ0n) is 11.6. The van der Waals surface area contributed by atoms with Gasteiger partial charge < -0.3 is 28.8 Å². The fraction of sp³-hybridized carbons (Fsp3) is 0.917. The Bertz CT molecular complexity index is 216. The highest BCUT2D eigenvalue weighted by molar-refractivity contribution is 9.09. The second-order valence-electron chi connectivity index (χ2n) is 3.58. The maximum Gasteiger partial charge on any atom is 0.329 e. The molecule has 0 aromatic rings. The predicted octanol–water partition coefficient (Wildman–Crippen LogP) is 0.549. The minimum Gasteiger partial charge on any atom is -0.480 e. The molecule has 0 aromatic heterocycles. The number of halogens is 1. The zero-order valence-corrected chi connectivity index (χ0v) is 13.1. The van der Waals surface area contributed by atoms with Crippen LogP contribution in [0.25, 0.3) is 0 Å². The van der Waals surface area contributed by atoms with E-state index in [1.165, 1.54) is 0 Å². The van der Waals surface area contributed by atoms with Crippen molar-refractivity contribution in [3.63, 3.8) is 0 Å². The third-order valence-corrected chi connectivity index (χ3v) is 2.26. The van der Waals surface area contributed by atoms with Crippen LogP contribution in [0.3, 0.4) is 0 Å². The van der Waals surface area contributed by atoms with Crippen LogP contribution < -0.4 is 0 Å². The van der Waals surface area contributed by atoms with E-state index < -0.39 is 5.97 Å². The van der Waals surface area contributed by atoms with Gasteiger partial charge in [-0.2, -0.15) is 0 Å². The molecule has 0 amide bonds. The fourth-order valence-corrected chi connectivity index (χ4v) is 1.32. The van der Waals surface area contributed by atoms with Gasteiger partial charge in [-0.3, -0.25) is 0 Å². The van der Waals surface area contributed by atoms with Gasteiger partial charge in [0.1, 0.15) is 6.61 Å². The topological polar surface area (TPSA) is 83.5 Å². The van der Waals surface area contributed by atoms with Gasteiger partial charge >= 0.3 is 5.97 Å². The summed E-state index contributed by atoms with van der Waals surface area (Å²) in [4.78, 5) is 10.1. The van der Waals surface area contributed by atoms with Crippen molar-refractivity contribution in [1.82, 2.24) is 0 Å². The largest absolute Gasteiger partial charge is 0.480 e. The van der Waals surface area contributed by atoms with Crippen molar-refractivity contribution in [2.24, 2.45) is 0 Å². The molecule has 0 saturated carbocycles. The number of hydrogen-bond acceptors (Lipinski definition) is 6. The normalized spacial score (nSPS) is 10.8. The lowest BCUT2D eigenvalue weighted by Gasteiger charge is -2.07. The van der Waals surface area contributed by atoms with E-state index in [2.05, 4.69) is 15.9 Å². The third-order valence-electron chi connectivity index (χ3n) is 1.94. The Kier molecular flexibility index (Phi) is 16.6. The summed E-state index contributed by atoms with van der Waals surface area (Å²) in [6, 6.07) is 0. The van der Waals surface area contributed by atoms with Crippen LogP contribution >= 0.6 is 15.9 Å². The van der Waals surface area contributed by atoms with E-state index in [1.54, 1.807) is 0 Å². The second kappa shape index (κ2) is 16.8. The lowest BCUT2D eigenvalue weighted by molar-refractivity contribution is -0.142. The summed E-state index contributed by atoms with van der Waals surface area (Å²) in [5, 5.41) is 9.14. The smallest absolute Gasteiger partial charge is 0.329 e. The first kappa shape index (κ1) is 19.8. The molecule has 0 saturated heterocycles. The molecule has 0 aliphatic carbocycles. The second-order valence-corrected chi connectivity index (χ2v) is 4.38. The van der Waals surface area contributed by atoms with Crippen LogP contribution in [0.5, 0.6) is 0 Å². The van der Waals surface area contributed by atoms with E-state index in [4.69, 9.17) is 28.8 Å². The van der Waals surface area contributed by atoms with Crippen molar-refractivity contribution in [1.29, 1.82) is 0 Å². The first-order valence-electron chi connectivity index (χ1n) is 6.44. The summed E-state index contributed by atoms with van der Waals surface area (Å²) >= 11 is 3.26. The summed E-state index contributed by atoms with van der Waals surface area (Å²) < 4.78 is 25.7. The van der Waals surface area contributed by atoms with Crippen LogP contribution in [-0.4, -0.2) is 82.5 Å². The predicted molar refractivity (Wildman–Crippen MR) is 75.5 cm³/mol. The molecule has 1 N–H and O–H groups in total. The molecule has 0 aromatic carbocycles. The minimum absolute atomic E-state index is 0.268. The van der Waals surface area contributed by atoms with E-state index in [1.807, 2.05) is 0 Å². The fourth-order valence-electron chi connectivity index (χ4n) is 1.09. The van der Waals surface area contributed by atoms with Gasteiger partial charge in [0.25, 0.3) is 0 Å². The average Bonchev–Trinajstić information content (AvgIpc) is 2.43. The van der Waals surface area contributed by atoms with Gasteiger partial charge in [-0.05, 0) is 0 Å². The van der Waals surface area contributed by atoms with Gasteiger partial charge in [0.15, 0.2) is 0 Å². The molecular formula is C12H23BrO7. The molecular weight excluding hydrogens is 336 g/mol. The molecule has 20 heavy (non-hydrogen) atoms. The molecule has 0 atom stereocenters. The van der Waals surface area contributed by atoms with Gasteiger partial charge in [-0.25, -0.2) is 4.79 Å². The summed E-state index contributed by atoms with van der Waals surface area (Å²) in [6.45, 7) is 4.13. The van der Waals surface area contributed by atoms with Crippen LogP contribution in [0, 0.1) is 0 Å². The minimum atomic E-state index is -0.981. The summed E-state index contributed by atoms with van der Waals surface area (Å²) in [7, 11) is 0. The Hall–Kier alpha value is -0.250. The Morgan fingerprint density at radius 3 is 1.40 bits per heavy atom. The zero-order chi connectivity index (χ0) is 14.9. The van der Waals surface area contributed by atoms with Gasteiger partial charge in [0.2, 0.25) is 0 Å². The molecule has 0 radical (unpaired) electrons. The van der Waals surface area contributed by atoms with E-state index in [0.29, 0.717) is 52.9 Å². The van der Waals surface area contributed by atoms with Crippen molar-refractivity contribution in [3.8, 4) is 0 Å². The van der Waals surface area contributed by atoms with Crippen LogP contribution in [0.4, 0.5) is 0 Å². The van der Waals surface area contributed by atoms with E-state index in [-0.39, 0.29) is 13.2 Å². The molecule has 0 heterocycles. The first-order chi connectivity index (χ1) is 9.77. The van der Waals surface area contributed by atoms with Crippen LogP contribution in [0.15, 0.2) is 0 Å². The number of carboxylic acids is 1. The van der Waals surface area contributed by atoms with E-state index in [0.717, 1.165) is 5.33 Å². The highest BCUT2D eigenvalue weighted by atomic mass is 79.9. The summed E-state index contributed by atoms with van der Waals surface area (Å²) in [5.74, 6) is -0.981. The number of alkyl halides is 1. The first-order valence-corrected chi connectivity index (χ1v) is 7.56. The standard InChI is InChI=1S/C12H23BrO7/c13-1-2-16-3-4-17-5-6-18-7-8-19-9-10-20-11-12(14)15/h1-11H2,(H,14,15). The highest BCUT2D eigenvalue weighted by Gasteiger charge is 1.96. The Morgan fingerprint density at radius 2 is 1.05 bits per heavy atom. The number of carboxylic acid groups (broad SMARTS) is 1. The van der Waals surface area contributed by atoms with Crippen LogP contribution in [0.1, 0.15) is 0 Å². The lowest BCUT2D eigenvalue weighted by atomic mass is 10.7. The van der Waals surface area contributed by atoms with Crippen molar-refractivity contribution in [2.45, 2.75) is 0 Å². The number of hydrogen-bond donors (Lipinski definition) is 1. The van der Waals surface area contributed by atoms with E-state index in [9.17, 15) is 4.79 Å². The molecule has 0 unspecified atom stereocenters. The third kappa shape index (κ3) is 17.8. The number of rotatable bonds is 16. The molecule has 0 aliphatic rings. The summed E-state index contributed by atoms with van der Waals surface area (Å²) in [6.07, 6.45) is 0. The maximum atomic E-state index is 10.1. The van der Waals surface area contributed by atoms with Crippen LogP contribution in [-0.2, 0) is 28.5 Å². The number of carbonyl (C=O) groups is 1. The Labute approximate surface area is 127 Å². The lowest BCUT2D eigenvalue weighted by Crippen LogP contribution is -2.14. The molecule has 120 valence electrons. The Balaban J connectivity index is 2.94. The molecule has 0 rings (SSSR count). The molecule has 7 nitrogen and oxygen atoms in total. The maximum absolute atomic E-state index is 10.1. The molecule has 0 aliphatic heterocycles. The van der Waals surface area contributed by atoms with Gasteiger partial charge in [-0.15, -0.1) is 0 Å². The molecule has 0 fully saturated rings. The van der Waals surface area contributed by atoms with Crippen molar-refractivity contribution in [2.75, 3.05) is 71.4 Å². The SMILES string of the molecule is O=C(O)COCCOCCOCCOCCOCCBr. The van der Waals surface area contributed by atoms with Crippen molar-refractivity contribution in [3.05, 3.63) is 0 Å². The Morgan fingerprint density at radius 1 is 0.700 bits per heavy atom. The van der Waals surface area contributed by atoms with Gasteiger partial charge in [0.05, 0.1) is 59.5 Å². The molecule has 8 heteroatoms. The molecule has 0 spiro atoms. The monoisotopic (exact) mass is 358 g/mol. The van der Waals surface area contributed by atoms with Gasteiger partial charge in [0, 0.05) is 5.33 Å². The molecule has 0 bridgehead atoms.